The van der Waals surface area contributed by atoms with E-state index in [4.69, 9.17) is 4.74 Å². The first-order valence-electron chi connectivity index (χ1n) is 9.35. The van der Waals surface area contributed by atoms with E-state index in [1.807, 2.05) is 32.0 Å². The van der Waals surface area contributed by atoms with Gasteiger partial charge in [0.15, 0.2) is 16.4 Å². The van der Waals surface area contributed by atoms with Crippen LogP contribution in [-0.2, 0) is 19.4 Å². The molecule has 1 amide bonds. The number of ether oxygens (including phenoxy) is 1. The molecule has 1 aliphatic rings. The summed E-state index contributed by atoms with van der Waals surface area (Å²) in [6.07, 6.45) is 1.10. The Morgan fingerprint density at radius 1 is 1.25 bits per heavy atom. The maximum atomic E-state index is 12.7. The monoisotopic (exact) mass is 404 g/mol. The van der Waals surface area contributed by atoms with Crippen LogP contribution in [0.1, 0.15) is 37.2 Å². The van der Waals surface area contributed by atoms with Crippen molar-refractivity contribution in [2.45, 2.75) is 38.8 Å². The van der Waals surface area contributed by atoms with Crippen molar-refractivity contribution in [2.24, 2.45) is 0 Å². The number of benzene rings is 1. The van der Waals surface area contributed by atoms with Crippen molar-refractivity contribution >= 4 is 32.6 Å². The number of pyridine rings is 1. The molecule has 0 N–H and O–H groups in total. The Hall–Kier alpha value is -2.48. The van der Waals surface area contributed by atoms with E-state index in [2.05, 4.69) is 4.98 Å². The van der Waals surface area contributed by atoms with Crippen LogP contribution in [0.4, 0.5) is 0 Å². The van der Waals surface area contributed by atoms with E-state index in [1.165, 1.54) is 0 Å². The van der Waals surface area contributed by atoms with Crippen molar-refractivity contribution in [2.75, 3.05) is 18.1 Å². The molecule has 1 aliphatic heterocycles. The van der Waals surface area contributed by atoms with Crippen LogP contribution in [0, 0.1) is 0 Å². The Morgan fingerprint density at radius 2 is 2.00 bits per heavy atom. The van der Waals surface area contributed by atoms with Gasteiger partial charge in [-0.25, -0.2) is 18.2 Å². The van der Waals surface area contributed by atoms with Crippen LogP contribution < -0.4 is 0 Å². The molecule has 28 heavy (non-hydrogen) atoms. The summed E-state index contributed by atoms with van der Waals surface area (Å²) in [5, 5.41) is 0.903. The second-order valence-electron chi connectivity index (χ2n) is 7.08. The maximum absolute atomic E-state index is 12.7. The molecular formula is C20H24N2O5S. The highest BCUT2D eigenvalue weighted by atomic mass is 32.2. The second kappa shape index (κ2) is 8.26. The van der Waals surface area contributed by atoms with E-state index in [0.29, 0.717) is 18.4 Å². The third-order valence-corrected chi connectivity index (χ3v) is 6.84. The molecule has 8 heteroatoms. The van der Waals surface area contributed by atoms with Gasteiger partial charge in [0.1, 0.15) is 5.69 Å². The Kier molecular flexibility index (Phi) is 5.98. The summed E-state index contributed by atoms with van der Waals surface area (Å²) in [4.78, 5) is 30.9. The van der Waals surface area contributed by atoms with Crippen LogP contribution in [0.15, 0.2) is 36.4 Å². The average molecular weight is 404 g/mol. The SMILES string of the molecule is CC[C@@H](C)N(C(=O)COC(=O)c1ccc2ccccc2n1)[C@H]1CCS(=O)(=O)C1. The number of carbonyl (C=O) groups is 2. The van der Waals surface area contributed by atoms with Crippen molar-refractivity contribution in [3.8, 4) is 0 Å². The fourth-order valence-corrected chi connectivity index (χ4v) is 5.17. The summed E-state index contributed by atoms with van der Waals surface area (Å²) < 4.78 is 28.8. The topological polar surface area (TPSA) is 93.6 Å². The third-order valence-electron chi connectivity index (χ3n) is 5.09. The van der Waals surface area contributed by atoms with Gasteiger partial charge in [-0.1, -0.05) is 31.2 Å². The number of rotatable bonds is 6. The van der Waals surface area contributed by atoms with E-state index in [9.17, 15) is 18.0 Å². The van der Waals surface area contributed by atoms with E-state index in [0.717, 1.165) is 5.39 Å². The normalized spacial score (nSPS) is 19.3. The fourth-order valence-electron chi connectivity index (χ4n) is 3.46. The summed E-state index contributed by atoms with van der Waals surface area (Å²) in [6, 6.07) is 10.2. The summed E-state index contributed by atoms with van der Waals surface area (Å²) in [6.45, 7) is 3.36. The average Bonchev–Trinajstić information content (AvgIpc) is 3.04. The van der Waals surface area contributed by atoms with Crippen LogP contribution in [-0.4, -0.2) is 60.4 Å². The molecule has 0 bridgehead atoms. The number of aromatic nitrogens is 1. The highest BCUT2D eigenvalue weighted by molar-refractivity contribution is 7.91. The molecule has 1 aromatic carbocycles. The van der Waals surface area contributed by atoms with Crippen LogP contribution in [0.5, 0.6) is 0 Å². The Balaban J connectivity index is 1.68. The number of para-hydroxylation sites is 1. The minimum Gasteiger partial charge on any atom is -0.451 e. The molecule has 1 aromatic heterocycles. The highest BCUT2D eigenvalue weighted by Gasteiger charge is 2.36. The van der Waals surface area contributed by atoms with E-state index in [-0.39, 0.29) is 35.2 Å². The highest BCUT2D eigenvalue weighted by Crippen LogP contribution is 2.21. The minimum atomic E-state index is -3.12. The standard InChI is InChI=1S/C20H24N2O5S/c1-3-14(2)22(16-10-11-28(25,26)13-16)19(23)12-27-20(24)18-9-8-15-6-4-5-7-17(15)21-18/h4-9,14,16H,3,10-13H2,1-2H3/t14-,16+/m1/s1. The van der Waals surface area contributed by atoms with Crippen molar-refractivity contribution in [3.05, 3.63) is 42.1 Å². The number of amides is 1. The first-order valence-corrected chi connectivity index (χ1v) is 11.2. The molecule has 0 saturated carbocycles. The smallest absolute Gasteiger partial charge is 0.357 e. The van der Waals surface area contributed by atoms with Gasteiger partial charge in [-0.2, -0.15) is 0 Å². The predicted molar refractivity (Wildman–Crippen MR) is 106 cm³/mol. The summed E-state index contributed by atoms with van der Waals surface area (Å²) in [5.41, 5.74) is 0.797. The number of esters is 1. The predicted octanol–water partition coefficient (Wildman–Crippen LogP) is 2.21. The molecule has 2 heterocycles. The van der Waals surface area contributed by atoms with Gasteiger partial charge in [0, 0.05) is 17.5 Å². The fraction of sp³-hybridized carbons (Fsp3) is 0.450. The van der Waals surface area contributed by atoms with Gasteiger partial charge in [-0.3, -0.25) is 4.79 Å². The van der Waals surface area contributed by atoms with Gasteiger partial charge in [0.25, 0.3) is 5.91 Å². The first kappa shape index (κ1) is 20.3. The summed E-state index contributed by atoms with van der Waals surface area (Å²) >= 11 is 0. The van der Waals surface area contributed by atoms with Crippen molar-refractivity contribution in [1.29, 1.82) is 0 Å². The molecule has 2 aromatic rings. The van der Waals surface area contributed by atoms with Crippen LogP contribution >= 0.6 is 0 Å². The van der Waals surface area contributed by atoms with Crippen molar-refractivity contribution < 1.29 is 22.7 Å². The molecule has 0 radical (unpaired) electrons. The number of nitrogens with zero attached hydrogens (tertiary/aromatic N) is 2. The number of fused-ring (bicyclic) bond motifs is 1. The van der Waals surface area contributed by atoms with Crippen molar-refractivity contribution in [1.82, 2.24) is 9.88 Å². The number of hydrogen-bond donors (Lipinski definition) is 0. The van der Waals surface area contributed by atoms with Crippen molar-refractivity contribution in [3.63, 3.8) is 0 Å². The lowest BCUT2D eigenvalue weighted by atomic mass is 10.1. The zero-order valence-corrected chi connectivity index (χ0v) is 16.8. The van der Waals surface area contributed by atoms with Gasteiger partial charge in [0.05, 0.1) is 17.0 Å². The van der Waals surface area contributed by atoms with E-state index < -0.39 is 22.4 Å². The zero-order valence-electron chi connectivity index (χ0n) is 16.0. The second-order valence-corrected chi connectivity index (χ2v) is 9.31. The third kappa shape index (κ3) is 4.49. The largest absolute Gasteiger partial charge is 0.451 e. The first-order chi connectivity index (χ1) is 13.3. The van der Waals surface area contributed by atoms with Crippen LogP contribution in [0.2, 0.25) is 0 Å². The summed E-state index contributed by atoms with van der Waals surface area (Å²) in [5.74, 6) is -1.02. The van der Waals surface area contributed by atoms with E-state index in [1.54, 1.807) is 23.1 Å². The molecule has 3 rings (SSSR count). The molecule has 0 aliphatic carbocycles. The minimum absolute atomic E-state index is 0.0384. The lowest BCUT2D eigenvalue weighted by Crippen LogP contribution is -2.48. The lowest BCUT2D eigenvalue weighted by Gasteiger charge is -2.33. The quantitative estimate of drug-likeness (QED) is 0.685. The maximum Gasteiger partial charge on any atom is 0.357 e. The van der Waals surface area contributed by atoms with Gasteiger partial charge in [0.2, 0.25) is 0 Å². The number of sulfone groups is 1. The molecular weight excluding hydrogens is 380 g/mol. The van der Waals surface area contributed by atoms with E-state index >= 15 is 0 Å². The molecule has 0 spiro atoms. The Bertz CT molecular complexity index is 989. The van der Waals surface area contributed by atoms with Gasteiger partial charge < -0.3 is 9.64 Å². The lowest BCUT2D eigenvalue weighted by molar-refractivity contribution is -0.138. The zero-order chi connectivity index (χ0) is 20.3. The molecule has 0 unspecified atom stereocenters. The number of carbonyl (C=O) groups excluding carboxylic acids is 2. The number of hydrogen-bond acceptors (Lipinski definition) is 6. The van der Waals surface area contributed by atoms with Gasteiger partial charge in [-0.05, 0) is 31.9 Å². The molecule has 1 fully saturated rings. The summed E-state index contributed by atoms with van der Waals surface area (Å²) in [7, 11) is -3.12. The molecule has 7 nitrogen and oxygen atoms in total. The Morgan fingerprint density at radius 3 is 2.68 bits per heavy atom. The van der Waals surface area contributed by atoms with Gasteiger partial charge in [-0.15, -0.1) is 0 Å². The molecule has 2 atom stereocenters. The Labute approximate surface area is 164 Å². The van der Waals surface area contributed by atoms with Gasteiger partial charge >= 0.3 is 5.97 Å². The van der Waals surface area contributed by atoms with Crippen LogP contribution in [0.3, 0.4) is 0 Å². The van der Waals surface area contributed by atoms with Crippen LogP contribution in [0.25, 0.3) is 10.9 Å². The molecule has 150 valence electrons. The molecule has 1 saturated heterocycles.